The van der Waals surface area contributed by atoms with Crippen LogP contribution in [0.3, 0.4) is 0 Å². The lowest BCUT2D eigenvalue weighted by Crippen LogP contribution is -2.51. The zero-order valence-electron chi connectivity index (χ0n) is 20.2. The van der Waals surface area contributed by atoms with Gasteiger partial charge in [-0.25, -0.2) is 8.42 Å². The van der Waals surface area contributed by atoms with E-state index in [0.29, 0.717) is 23.4 Å². The lowest BCUT2D eigenvalue weighted by molar-refractivity contribution is -0.116. The third-order valence-corrected chi connectivity index (χ3v) is 7.90. The number of nitrogens with zero attached hydrogens (tertiary/aromatic N) is 2. The van der Waals surface area contributed by atoms with Crippen molar-refractivity contribution < 1.29 is 22.7 Å². The number of amides is 1. The molecule has 3 aliphatic rings. The topological polar surface area (TPSA) is 96.0 Å². The van der Waals surface area contributed by atoms with Crippen LogP contribution in [0.4, 0.5) is 11.4 Å². The van der Waals surface area contributed by atoms with Crippen molar-refractivity contribution in [1.29, 1.82) is 0 Å². The first-order chi connectivity index (χ1) is 16.6. The van der Waals surface area contributed by atoms with Crippen LogP contribution in [-0.4, -0.2) is 63.0 Å². The lowest BCUT2D eigenvalue weighted by atomic mass is 9.82. The maximum Gasteiger partial charge on any atom is 0.229 e. The summed E-state index contributed by atoms with van der Waals surface area (Å²) in [5.74, 6) is 0.622. The number of likely N-dealkylation sites (tertiary alicyclic amines) is 1. The second kappa shape index (κ2) is 8.95. The van der Waals surface area contributed by atoms with Crippen molar-refractivity contribution in [2.24, 2.45) is 0 Å². The van der Waals surface area contributed by atoms with Crippen LogP contribution in [0.25, 0.3) is 0 Å². The summed E-state index contributed by atoms with van der Waals surface area (Å²) < 4.78 is 31.8. The molecule has 0 aromatic heterocycles. The van der Waals surface area contributed by atoms with Crippen LogP contribution in [0.1, 0.15) is 47.7 Å². The Morgan fingerprint density at radius 1 is 1.11 bits per heavy atom. The first-order valence-electron chi connectivity index (χ1n) is 12.1. The van der Waals surface area contributed by atoms with Gasteiger partial charge in [0.25, 0.3) is 0 Å². The van der Waals surface area contributed by atoms with Crippen LogP contribution in [-0.2, 0) is 27.7 Å². The zero-order valence-corrected chi connectivity index (χ0v) is 21.0. The van der Waals surface area contributed by atoms with Gasteiger partial charge in [0.1, 0.15) is 11.4 Å². The number of Topliss-reactive ketones (excluding diaryl/α,β-unsaturated/α-hetero) is 1. The van der Waals surface area contributed by atoms with Crippen molar-refractivity contribution in [1.82, 2.24) is 4.90 Å². The van der Waals surface area contributed by atoms with E-state index in [1.165, 1.54) is 11.1 Å². The average Bonchev–Trinajstić information content (AvgIpc) is 3.22. The lowest BCUT2D eigenvalue weighted by Gasteiger charge is -2.44. The molecule has 1 N–H and O–H groups in total. The molecule has 5 rings (SSSR count). The zero-order chi connectivity index (χ0) is 24.8. The Morgan fingerprint density at radius 2 is 1.89 bits per heavy atom. The van der Waals surface area contributed by atoms with Crippen LogP contribution >= 0.6 is 0 Å². The molecule has 0 saturated carbocycles. The molecule has 3 heterocycles. The molecule has 8 nitrogen and oxygen atoms in total. The molecule has 0 bridgehead atoms. The minimum absolute atomic E-state index is 0.00500. The fourth-order valence-electron chi connectivity index (χ4n) is 5.46. The summed E-state index contributed by atoms with van der Waals surface area (Å²) >= 11 is 0. The number of ether oxygens (including phenoxy) is 1. The Kier molecular flexibility index (Phi) is 6.09. The van der Waals surface area contributed by atoms with Crippen molar-refractivity contribution in [2.45, 2.75) is 44.6 Å². The van der Waals surface area contributed by atoms with E-state index in [0.717, 1.165) is 63.8 Å². The van der Waals surface area contributed by atoms with E-state index in [2.05, 4.69) is 27.8 Å². The number of hydrogen-bond acceptors (Lipinski definition) is 6. The molecule has 1 spiro atoms. The molecule has 0 radical (unpaired) electrons. The predicted octanol–water partition coefficient (Wildman–Crippen LogP) is 3.01. The normalized spacial score (nSPS) is 19.3. The van der Waals surface area contributed by atoms with Gasteiger partial charge in [-0.05, 0) is 48.2 Å². The maximum atomic E-state index is 12.9. The molecule has 186 valence electrons. The molecular formula is C26H31N3O5S. The van der Waals surface area contributed by atoms with E-state index < -0.39 is 15.6 Å². The molecular weight excluding hydrogens is 466 g/mol. The highest BCUT2D eigenvalue weighted by molar-refractivity contribution is 7.92. The number of ketones is 1. The summed E-state index contributed by atoms with van der Waals surface area (Å²) in [6, 6.07) is 11.3. The summed E-state index contributed by atoms with van der Waals surface area (Å²) in [5, 5.41) is 0. The number of carbonyl (C=O) groups excluding carboxylic acids is 2. The molecule has 0 atom stereocenters. The van der Waals surface area contributed by atoms with Crippen LogP contribution in [0, 0.1) is 0 Å². The number of sulfonamides is 1. The van der Waals surface area contributed by atoms with Gasteiger partial charge >= 0.3 is 0 Å². The van der Waals surface area contributed by atoms with Gasteiger partial charge in [0.05, 0.1) is 18.2 Å². The van der Waals surface area contributed by atoms with Crippen LogP contribution in [0.15, 0.2) is 36.4 Å². The van der Waals surface area contributed by atoms with E-state index in [-0.39, 0.29) is 11.7 Å². The van der Waals surface area contributed by atoms with Gasteiger partial charge in [0, 0.05) is 57.3 Å². The fourth-order valence-corrected chi connectivity index (χ4v) is 6.01. The van der Waals surface area contributed by atoms with Crippen LogP contribution in [0.2, 0.25) is 0 Å². The number of hydrogen-bond donors (Lipinski definition) is 1. The Labute approximate surface area is 206 Å². The molecule has 0 unspecified atom stereocenters. The minimum Gasteiger partial charge on any atom is -0.486 e. The fraction of sp³-hybridized carbons (Fsp3) is 0.462. The summed E-state index contributed by atoms with van der Waals surface area (Å²) in [5.41, 5.74) is 3.89. The second-order valence-corrected chi connectivity index (χ2v) is 11.7. The summed E-state index contributed by atoms with van der Waals surface area (Å²) in [6.07, 6.45) is 4.80. The summed E-state index contributed by atoms with van der Waals surface area (Å²) in [4.78, 5) is 29.0. The molecule has 1 amide bonds. The van der Waals surface area contributed by atoms with Crippen molar-refractivity contribution in [3.8, 4) is 5.75 Å². The van der Waals surface area contributed by atoms with Gasteiger partial charge in [0.2, 0.25) is 15.9 Å². The van der Waals surface area contributed by atoms with Crippen molar-refractivity contribution >= 4 is 33.1 Å². The first-order valence-corrected chi connectivity index (χ1v) is 14.0. The van der Waals surface area contributed by atoms with Gasteiger partial charge in [0.15, 0.2) is 5.78 Å². The monoisotopic (exact) mass is 497 g/mol. The third kappa shape index (κ3) is 5.06. The highest BCUT2D eigenvalue weighted by atomic mass is 32.2. The Bertz CT molecular complexity index is 1280. The molecule has 2 aromatic rings. The number of fused-ring (bicyclic) bond motifs is 2. The molecule has 1 saturated heterocycles. The largest absolute Gasteiger partial charge is 0.486 e. The number of carbonyl (C=O) groups is 2. The average molecular weight is 498 g/mol. The smallest absolute Gasteiger partial charge is 0.229 e. The van der Waals surface area contributed by atoms with E-state index in [1.807, 2.05) is 4.90 Å². The Hall–Kier alpha value is -2.91. The van der Waals surface area contributed by atoms with Crippen LogP contribution in [0.5, 0.6) is 5.75 Å². The molecule has 35 heavy (non-hydrogen) atoms. The van der Waals surface area contributed by atoms with E-state index in [9.17, 15) is 18.0 Å². The minimum atomic E-state index is -3.41. The Balaban J connectivity index is 1.18. The molecule has 9 heteroatoms. The van der Waals surface area contributed by atoms with E-state index in [4.69, 9.17) is 4.74 Å². The second-order valence-electron chi connectivity index (χ2n) is 9.95. The molecule has 1 fully saturated rings. The number of rotatable bonds is 5. The standard InChI is InChI=1S/C26H31N3O5S/c1-18(30)29-12-8-20-15-19(3-5-23(20)29)7-11-28-13-9-26(10-14-28)17-24(31)22-16-21(27-35(2,32)33)4-6-25(22)34-26/h3-6,15-16,27H,7-14,17H2,1-2H3. The molecule has 0 aliphatic carbocycles. The quantitative estimate of drug-likeness (QED) is 0.682. The number of anilines is 2. The van der Waals surface area contributed by atoms with Gasteiger partial charge in [-0.1, -0.05) is 12.1 Å². The van der Waals surface area contributed by atoms with E-state index >= 15 is 0 Å². The molecule has 2 aromatic carbocycles. The third-order valence-electron chi connectivity index (χ3n) is 7.30. The van der Waals surface area contributed by atoms with Gasteiger partial charge < -0.3 is 14.5 Å². The van der Waals surface area contributed by atoms with Gasteiger partial charge in [-0.15, -0.1) is 0 Å². The summed E-state index contributed by atoms with van der Waals surface area (Å²) in [6.45, 7) is 5.04. The highest BCUT2D eigenvalue weighted by Crippen LogP contribution is 2.40. The summed E-state index contributed by atoms with van der Waals surface area (Å²) in [7, 11) is -3.41. The van der Waals surface area contributed by atoms with Crippen molar-refractivity contribution in [2.75, 3.05) is 42.1 Å². The van der Waals surface area contributed by atoms with Crippen LogP contribution < -0.4 is 14.4 Å². The van der Waals surface area contributed by atoms with Crippen molar-refractivity contribution in [3.63, 3.8) is 0 Å². The molecule has 3 aliphatic heterocycles. The predicted molar refractivity (Wildman–Crippen MR) is 135 cm³/mol. The SMILES string of the molecule is CC(=O)N1CCc2cc(CCN3CCC4(CC3)CC(=O)c3cc(NS(C)(=O)=O)ccc3O4)ccc21. The highest BCUT2D eigenvalue weighted by Gasteiger charge is 2.43. The van der Waals surface area contributed by atoms with E-state index in [1.54, 1.807) is 25.1 Å². The van der Waals surface area contributed by atoms with Gasteiger partial charge in [-0.2, -0.15) is 0 Å². The number of piperidine rings is 1. The Morgan fingerprint density at radius 3 is 2.60 bits per heavy atom. The van der Waals surface area contributed by atoms with Gasteiger partial charge in [-0.3, -0.25) is 14.3 Å². The number of benzene rings is 2. The first kappa shape index (κ1) is 23.8. The number of nitrogens with one attached hydrogen (secondary N) is 1. The van der Waals surface area contributed by atoms with Crippen molar-refractivity contribution in [3.05, 3.63) is 53.1 Å². The maximum absolute atomic E-state index is 12.9.